The van der Waals surface area contributed by atoms with E-state index >= 15 is 0 Å². The molecule has 0 aliphatic carbocycles. The second-order valence-corrected chi connectivity index (χ2v) is 10.7. The van der Waals surface area contributed by atoms with Gasteiger partial charge in [0.1, 0.15) is 24.5 Å². The fourth-order valence-electron chi connectivity index (χ4n) is 5.63. The molecule has 1 N–H and O–H groups in total. The lowest BCUT2D eigenvalue weighted by molar-refractivity contribution is 0.0261. The van der Waals surface area contributed by atoms with Crippen LogP contribution in [-0.2, 0) is 20.6 Å². The number of nitrogens with one attached hydrogen (secondary N) is 1. The van der Waals surface area contributed by atoms with Crippen molar-refractivity contribution in [3.05, 3.63) is 47.2 Å². The Hall–Kier alpha value is -4.06. The van der Waals surface area contributed by atoms with Crippen molar-refractivity contribution in [3.8, 4) is 35.2 Å². The van der Waals surface area contributed by atoms with Crippen molar-refractivity contribution in [3.63, 3.8) is 0 Å². The number of hydrogen-bond donors (Lipinski definition) is 1. The summed E-state index contributed by atoms with van der Waals surface area (Å²) in [6.07, 6.45) is 5.16. The van der Waals surface area contributed by atoms with Crippen molar-refractivity contribution in [1.82, 2.24) is 9.88 Å². The summed E-state index contributed by atoms with van der Waals surface area (Å²) in [5.74, 6) is 7.87. The molecule has 43 heavy (non-hydrogen) atoms. The first-order valence-corrected chi connectivity index (χ1v) is 14.8. The molecule has 10 nitrogen and oxygen atoms in total. The Morgan fingerprint density at radius 3 is 2.67 bits per heavy atom. The second kappa shape index (κ2) is 13.9. The molecule has 2 saturated heterocycles. The normalized spacial score (nSPS) is 16.8. The summed E-state index contributed by atoms with van der Waals surface area (Å²) in [5.41, 5.74) is 4.32. The SMILES string of the molecule is COCC#Cc1ccc(Nc2c(C#N)cnc3cc(CCCN4CCOCC4)cc(OC4CCOCC4)c23)c2c1OCO2. The summed E-state index contributed by atoms with van der Waals surface area (Å²) >= 11 is 0. The molecule has 0 spiro atoms. The number of methoxy groups -OCH3 is 1. The number of anilines is 2. The van der Waals surface area contributed by atoms with Crippen LogP contribution in [0.25, 0.3) is 10.9 Å². The summed E-state index contributed by atoms with van der Waals surface area (Å²) in [5, 5.41) is 14.4. The van der Waals surface area contributed by atoms with E-state index in [1.54, 1.807) is 13.3 Å². The van der Waals surface area contributed by atoms with Crippen LogP contribution in [0, 0.1) is 23.2 Å². The Morgan fingerprint density at radius 1 is 1.05 bits per heavy atom. The molecule has 0 amide bonds. The lowest BCUT2D eigenvalue weighted by atomic mass is 10.0. The highest BCUT2D eigenvalue weighted by Crippen LogP contribution is 2.45. The van der Waals surface area contributed by atoms with Gasteiger partial charge in [0, 0.05) is 39.2 Å². The van der Waals surface area contributed by atoms with Crippen LogP contribution in [0.2, 0.25) is 0 Å². The largest absolute Gasteiger partial charge is 0.489 e. The number of pyridine rings is 1. The van der Waals surface area contributed by atoms with Gasteiger partial charge < -0.3 is 33.7 Å². The lowest BCUT2D eigenvalue weighted by Crippen LogP contribution is -2.36. The van der Waals surface area contributed by atoms with Crippen molar-refractivity contribution in [2.45, 2.75) is 31.8 Å². The molecular weight excluding hydrogens is 548 g/mol. The molecule has 3 aliphatic rings. The quantitative estimate of drug-likeness (QED) is 0.364. The van der Waals surface area contributed by atoms with Gasteiger partial charge in [-0.15, -0.1) is 0 Å². The molecule has 0 saturated carbocycles. The van der Waals surface area contributed by atoms with E-state index in [9.17, 15) is 5.26 Å². The van der Waals surface area contributed by atoms with E-state index in [1.165, 1.54) is 0 Å². The fraction of sp³-hybridized carbons (Fsp3) is 0.455. The Kier molecular flexibility index (Phi) is 9.41. The average Bonchev–Trinajstić information content (AvgIpc) is 3.54. The van der Waals surface area contributed by atoms with E-state index in [2.05, 4.69) is 40.3 Å². The molecule has 3 aliphatic heterocycles. The first-order valence-electron chi connectivity index (χ1n) is 14.8. The fourth-order valence-corrected chi connectivity index (χ4v) is 5.63. The van der Waals surface area contributed by atoms with Gasteiger partial charge in [0.15, 0.2) is 11.5 Å². The van der Waals surface area contributed by atoms with E-state index < -0.39 is 0 Å². The van der Waals surface area contributed by atoms with Crippen LogP contribution in [-0.4, -0.2) is 82.6 Å². The van der Waals surface area contributed by atoms with Crippen LogP contribution in [0.4, 0.5) is 11.4 Å². The maximum atomic E-state index is 10.1. The maximum Gasteiger partial charge on any atom is 0.231 e. The molecule has 1 aromatic heterocycles. The molecule has 224 valence electrons. The third-order valence-electron chi connectivity index (χ3n) is 7.84. The highest BCUT2D eigenvalue weighted by Gasteiger charge is 2.25. The van der Waals surface area contributed by atoms with E-state index in [0.29, 0.717) is 59.6 Å². The second-order valence-electron chi connectivity index (χ2n) is 10.7. The monoisotopic (exact) mass is 584 g/mol. The minimum atomic E-state index is 0.0186. The Bertz CT molecular complexity index is 1550. The van der Waals surface area contributed by atoms with Gasteiger partial charge in [-0.2, -0.15) is 5.26 Å². The van der Waals surface area contributed by atoms with Crippen LogP contribution in [0.3, 0.4) is 0 Å². The zero-order chi connectivity index (χ0) is 29.4. The number of benzene rings is 2. The third kappa shape index (κ3) is 6.79. The molecular formula is C33H36N4O6. The summed E-state index contributed by atoms with van der Waals surface area (Å²) in [6, 6.07) is 10.3. The first-order chi connectivity index (χ1) is 21.2. The summed E-state index contributed by atoms with van der Waals surface area (Å²) in [6.45, 7) is 6.29. The number of aromatic nitrogens is 1. The van der Waals surface area contributed by atoms with Gasteiger partial charge in [-0.1, -0.05) is 11.8 Å². The number of aryl methyl sites for hydroxylation is 1. The standard InChI is InChI=1S/C33H36N4O6/c1-38-13-3-5-24-6-7-27(33-32(24)41-22-42-33)36-31-25(20-34)21-35-28-18-23(4-2-10-37-11-16-40-17-12-37)19-29(30(28)31)43-26-8-14-39-15-9-26/h6-7,18-19,21,26H,2,4,8-17,22H2,1H3,(H,35,36). The predicted molar refractivity (Wildman–Crippen MR) is 161 cm³/mol. The zero-order valence-corrected chi connectivity index (χ0v) is 24.4. The Labute approximate surface area is 251 Å². The van der Waals surface area contributed by atoms with Crippen LogP contribution in [0.15, 0.2) is 30.5 Å². The molecule has 2 aromatic carbocycles. The topological polar surface area (TPSA) is 107 Å². The number of morpholine rings is 1. The van der Waals surface area contributed by atoms with E-state index in [4.69, 9.17) is 33.4 Å². The van der Waals surface area contributed by atoms with Crippen molar-refractivity contribution in [2.75, 3.05) is 71.9 Å². The number of rotatable bonds is 9. The van der Waals surface area contributed by atoms with Crippen LogP contribution >= 0.6 is 0 Å². The van der Waals surface area contributed by atoms with Gasteiger partial charge in [0.2, 0.25) is 6.79 Å². The summed E-state index contributed by atoms with van der Waals surface area (Å²) < 4.78 is 34.4. The van der Waals surface area contributed by atoms with Crippen LogP contribution in [0.5, 0.6) is 17.2 Å². The number of fused-ring (bicyclic) bond motifs is 2. The Morgan fingerprint density at radius 2 is 1.86 bits per heavy atom. The molecule has 0 bridgehead atoms. The summed E-state index contributed by atoms with van der Waals surface area (Å²) in [4.78, 5) is 7.16. The van der Waals surface area contributed by atoms with Crippen molar-refractivity contribution >= 4 is 22.3 Å². The average molecular weight is 585 g/mol. The number of nitrogens with zero attached hydrogens (tertiary/aromatic N) is 3. The summed E-state index contributed by atoms with van der Waals surface area (Å²) in [7, 11) is 1.60. The first kappa shape index (κ1) is 29.0. The van der Waals surface area contributed by atoms with Crippen LogP contribution in [0.1, 0.15) is 36.0 Å². The smallest absolute Gasteiger partial charge is 0.231 e. The molecule has 10 heteroatoms. The van der Waals surface area contributed by atoms with Gasteiger partial charge >= 0.3 is 0 Å². The Balaban J connectivity index is 1.36. The van der Waals surface area contributed by atoms with Gasteiger partial charge in [-0.25, -0.2) is 0 Å². The van der Waals surface area contributed by atoms with E-state index in [-0.39, 0.29) is 12.9 Å². The van der Waals surface area contributed by atoms with Crippen LogP contribution < -0.4 is 19.5 Å². The predicted octanol–water partition coefficient (Wildman–Crippen LogP) is 4.40. The molecule has 0 radical (unpaired) electrons. The van der Waals surface area contributed by atoms with Crippen molar-refractivity contribution in [2.24, 2.45) is 0 Å². The van der Waals surface area contributed by atoms with Crippen molar-refractivity contribution in [1.29, 1.82) is 5.26 Å². The highest BCUT2D eigenvalue weighted by molar-refractivity contribution is 6.01. The van der Waals surface area contributed by atoms with E-state index in [0.717, 1.165) is 75.0 Å². The zero-order valence-electron chi connectivity index (χ0n) is 24.4. The molecule has 0 unspecified atom stereocenters. The molecule has 4 heterocycles. The van der Waals surface area contributed by atoms with Gasteiger partial charge in [0.05, 0.1) is 59.8 Å². The van der Waals surface area contributed by atoms with Gasteiger partial charge in [0.25, 0.3) is 0 Å². The minimum absolute atomic E-state index is 0.0186. The molecule has 6 rings (SSSR count). The number of hydrogen-bond acceptors (Lipinski definition) is 10. The van der Waals surface area contributed by atoms with Gasteiger partial charge in [-0.3, -0.25) is 9.88 Å². The van der Waals surface area contributed by atoms with Gasteiger partial charge in [-0.05, 0) is 49.2 Å². The van der Waals surface area contributed by atoms with Crippen molar-refractivity contribution < 1.29 is 28.4 Å². The number of nitriles is 1. The molecule has 2 fully saturated rings. The molecule has 0 atom stereocenters. The minimum Gasteiger partial charge on any atom is -0.489 e. The highest BCUT2D eigenvalue weighted by atomic mass is 16.7. The number of ether oxygens (including phenoxy) is 6. The third-order valence-corrected chi connectivity index (χ3v) is 7.84. The lowest BCUT2D eigenvalue weighted by Gasteiger charge is -2.27. The molecule has 3 aromatic rings. The maximum absolute atomic E-state index is 10.1. The van der Waals surface area contributed by atoms with E-state index in [1.807, 2.05) is 12.1 Å².